The SMILES string of the molecule is NCC1(N2CCC(N3CCCC3)C2)CCS(=O)(=O)C1. The van der Waals surface area contributed by atoms with Gasteiger partial charge in [0, 0.05) is 31.2 Å². The van der Waals surface area contributed by atoms with Crippen LogP contribution in [0.1, 0.15) is 25.7 Å². The van der Waals surface area contributed by atoms with Gasteiger partial charge in [0.1, 0.15) is 0 Å². The first-order valence-corrected chi connectivity index (χ1v) is 9.26. The Bertz CT molecular complexity index is 433. The minimum absolute atomic E-state index is 0.267. The molecule has 0 amide bonds. The third-order valence-electron chi connectivity index (χ3n) is 5.24. The molecule has 110 valence electrons. The van der Waals surface area contributed by atoms with E-state index in [4.69, 9.17) is 5.73 Å². The van der Waals surface area contributed by atoms with E-state index in [9.17, 15) is 8.42 Å². The van der Waals surface area contributed by atoms with Crippen LogP contribution in [0.15, 0.2) is 0 Å². The zero-order valence-electron chi connectivity index (χ0n) is 11.6. The molecule has 0 bridgehead atoms. The van der Waals surface area contributed by atoms with Crippen molar-refractivity contribution in [3.05, 3.63) is 0 Å². The van der Waals surface area contributed by atoms with Gasteiger partial charge >= 0.3 is 0 Å². The second-order valence-electron chi connectivity index (χ2n) is 6.40. The molecule has 2 atom stereocenters. The Balaban J connectivity index is 1.69. The van der Waals surface area contributed by atoms with Gasteiger partial charge in [-0.15, -0.1) is 0 Å². The number of likely N-dealkylation sites (tertiary alicyclic amines) is 2. The molecule has 6 heteroatoms. The summed E-state index contributed by atoms with van der Waals surface area (Å²) in [6.45, 7) is 4.92. The fourth-order valence-corrected chi connectivity index (χ4v) is 6.11. The number of nitrogens with zero attached hydrogens (tertiary/aromatic N) is 2. The lowest BCUT2D eigenvalue weighted by Crippen LogP contribution is -2.54. The summed E-state index contributed by atoms with van der Waals surface area (Å²) in [6, 6.07) is 0.620. The maximum Gasteiger partial charge on any atom is 0.152 e. The highest BCUT2D eigenvalue weighted by Gasteiger charge is 2.48. The molecule has 5 nitrogen and oxygen atoms in total. The molecule has 3 aliphatic rings. The van der Waals surface area contributed by atoms with Crippen molar-refractivity contribution < 1.29 is 8.42 Å². The Morgan fingerprint density at radius 1 is 1.21 bits per heavy atom. The Labute approximate surface area is 116 Å². The zero-order chi connectivity index (χ0) is 13.5. The average Bonchev–Trinajstić information content (AvgIpc) is 3.06. The van der Waals surface area contributed by atoms with E-state index in [1.165, 1.54) is 32.4 Å². The van der Waals surface area contributed by atoms with Crippen LogP contribution < -0.4 is 5.73 Å². The summed E-state index contributed by atoms with van der Waals surface area (Å²) in [7, 11) is -2.88. The molecular formula is C13H25N3O2S. The van der Waals surface area contributed by atoms with Gasteiger partial charge in [-0.25, -0.2) is 8.42 Å². The van der Waals surface area contributed by atoms with Crippen molar-refractivity contribution in [2.45, 2.75) is 37.3 Å². The molecule has 2 N–H and O–H groups in total. The maximum absolute atomic E-state index is 11.8. The smallest absolute Gasteiger partial charge is 0.152 e. The normalized spacial score (nSPS) is 40.2. The molecule has 0 aromatic rings. The number of nitrogens with two attached hydrogens (primary N) is 1. The van der Waals surface area contributed by atoms with E-state index < -0.39 is 9.84 Å². The van der Waals surface area contributed by atoms with E-state index in [2.05, 4.69) is 9.80 Å². The molecule has 2 unspecified atom stereocenters. The second kappa shape index (κ2) is 4.98. The van der Waals surface area contributed by atoms with Crippen molar-refractivity contribution in [1.82, 2.24) is 9.80 Å². The molecular weight excluding hydrogens is 262 g/mol. The van der Waals surface area contributed by atoms with Gasteiger partial charge in [0.05, 0.1) is 11.5 Å². The molecule has 0 radical (unpaired) electrons. The van der Waals surface area contributed by atoms with E-state index in [-0.39, 0.29) is 11.3 Å². The van der Waals surface area contributed by atoms with Crippen molar-refractivity contribution >= 4 is 9.84 Å². The molecule has 3 saturated heterocycles. The Hall–Kier alpha value is -0.170. The summed E-state index contributed by atoms with van der Waals surface area (Å²) in [6.07, 6.45) is 4.51. The van der Waals surface area contributed by atoms with Crippen LogP contribution in [0.5, 0.6) is 0 Å². The summed E-state index contributed by atoms with van der Waals surface area (Å²) in [4.78, 5) is 4.95. The van der Waals surface area contributed by atoms with Crippen LogP contribution in [0.2, 0.25) is 0 Å². The van der Waals surface area contributed by atoms with Gasteiger partial charge in [0.2, 0.25) is 0 Å². The Morgan fingerprint density at radius 3 is 2.53 bits per heavy atom. The Kier molecular flexibility index (Phi) is 3.62. The molecule has 19 heavy (non-hydrogen) atoms. The van der Waals surface area contributed by atoms with E-state index in [0.29, 0.717) is 18.3 Å². The van der Waals surface area contributed by atoms with Crippen LogP contribution >= 0.6 is 0 Å². The summed E-state index contributed by atoms with van der Waals surface area (Å²) < 4.78 is 23.6. The van der Waals surface area contributed by atoms with E-state index >= 15 is 0 Å². The van der Waals surface area contributed by atoms with Crippen LogP contribution in [0.25, 0.3) is 0 Å². The predicted octanol–water partition coefficient (Wildman–Crippen LogP) is -0.327. The molecule has 0 spiro atoms. The molecule has 0 aromatic carbocycles. The summed E-state index contributed by atoms with van der Waals surface area (Å²) in [5.74, 6) is 0.582. The molecule has 0 saturated carbocycles. The second-order valence-corrected chi connectivity index (χ2v) is 8.59. The van der Waals surface area contributed by atoms with Crippen molar-refractivity contribution in [2.24, 2.45) is 5.73 Å². The van der Waals surface area contributed by atoms with Crippen LogP contribution in [0, 0.1) is 0 Å². The topological polar surface area (TPSA) is 66.6 Å². The highest BCUT2D eigenvalue weighted by molar-refractivity contribution is 7.91. The standard InChI is InChI=1S/C13H25N3O2S/c14-10-13(4-8-19(17,18)11-13)16-7-3-12(9-16)15-5-1-2-6-15/h12H,1-11,14H2. The molecule has 0 aromatic heterocycles. The lowest BCUT2D eigenvalue weighted by Gasteiger charge is -2.37. The first kappa shape index (κ1) is 13.8. The number of hydrogen-bond acceptors (Lipinski definition) is 5. The van der Waals surface area contributed by atoms with Gasteiger partial charge in [-0.05, 0) is 38.8 Å². The number of sulfone groups is 1. The van der Waals surface area contributed by atoms with E-state index in [0.717, 1.165) is 19.5 Å². The summed E-state index contributed by atoms with van der Waals surface area (Å²) in [5, 5.41) is 0. The van der Waals surface area contributed by atoms with E-state index in [1.807, 2.05) is 0 Å². The van der Waals surface area contributed by atoms with Gasteiger partial charge in [-0.1, -0.05) is 0 Å². The van der Waals surface area contributed by atoms with Crippen LogP contribution in [-0.4, -0.2) is 74.0 Å². The highest BCUT2D eigenvalue weighted by atomic mass is 32.2. The third kappa shape index (κ3) is 2.55. The first-order chi connectivity index (χ1) is 9.05. The Morgan fingerprint density at radius 2 is 1.95 bits per heavy atom. The quantitative estimate of drug-likeness (QED) is 0.770. The van der Waals surface area contributed by atoms with Gasteiger partial charge in [0.15, 0.2) is 9.84 Å². The van der Waals surface area contributed by atoms with Gasteiger partial charge < -0.3 is 5.73 Å². The average molecular weight is 287 g/mol. The highest BCUT2D eigenvalue weighted by Crippen LogP contribution is 2.33. The molecule has 0 aliphatic carbocycles. The monoisotopic (exact) mass is 287 g/mol. The third-order valence-corrected chi connectivity index (χ3v) is 7.04. The van der Waals surface area contributed by atoms with Crippen molar-refractivity contribution in [2.75, 3.05) is 44.2 Å². The molecule has 3 aliphatic heterocycles. The van der Waals surface area contributed by atoms with Crippen LogP contribution in [0.4, 0.5) is 0 Å². The van der Waals surface area contributed by atoms with Crippen LogP contribution in [0.3, 0.4) is 0 Å². The van der Waals surface area contributed by atoms with Crippen molar-refractivity contribution in [1.29, 1.82) is 0 Å². The largest absolute Gasteiger partial charge is 0.329 e. The minimum Gasteiger partial charge on any atom is -0.329 e. The number of hydrogen-bond donors (Lipinski definition) is 1. The van der Waals surface area contributed by atoms with Crippen molar-refractivity contribution in [3.63, 3.8) is 0 Å². The zero-order valence-corrected chi connectivity index (χ0v) is 12.4. The first-order valence-electron chi connectivity index (χ1n) is 7.44. The number of rotatable bonds is 3. The summed E-state index contributed by atoms with van der Waals surface area (Å²) >= 11 is 0. The van der Waals surface area contributed by atoms with E-state index in [1.54, 1.807) is 0 Å². The molecule has 3 rings (SSSR count). The van der Waals surface area contributed by atoms with Crippen molar-refractivity contribution in [3.8, 4) is 0 Å². The van der Waals surface area contributed by atoms with Crippen LogP contribution in [-0.2, 0) is 9.84 Å². The fraction of sp³-hybridized carbons (Fsp3) is 1.00. The summed E-state index contributed by atoms with van der Waals surface area (Å²) in [5.41, 5.74) is 5.68. The molecule has 3 heterocycles. The van der Waals surface area contributed by atoms with Gasteiger partial charge in [-0.3, -0.25) is 9.80 Å². The maximum atomic E-state index is 11.8. The van der Waals surface area contributed by atoms with Gasteiger partial charge in [-0.2, -0.15) is 0 Å². The minimum atomic E-state index is -2.88. The predicted molar refractivity (Wildman–Crippen MR) is 75.8 cm³/mol. The van der Waals surface area contributed by atoms with Gasteiger partial charge in [0.25, 0.3) is 0 Å². The lowest BCUT2D eigenvalue weighted by atomic mass is 9.97. The molecule has 3 fully saturated rings. The lowest BCUT2D eigenvalue weighted by molar-refractivity contribution is 0.133. The fourth-order valence-electron chi connectivity index (χ4n) is 4.02.